The molecule has 0 aromatic carbocycles. The van der Waals surface area contributed by atoms with Crippen molar-refractivity contribution in [2.24, 2.45) is 0 Å². The monoisotopic (exact) mass is 1350 g/mol. The summed E-state index contributed by atoms with van der Waals surface area (Å²) in [6.45, 7) is 4.19. The first kappa shape index (κ1) is 92.2. The van der Waals surface area contributed by atoms with E-state index in [1.807, 2.05) is 21.1 Å². The molecule has 10 heteroatoms. The van der Waals surface area contributed by atoms with Gasteiger partial charge in [0.25, 0.3) is 7.82 Å². The van der Waals surface area contributed by atoms with E-state index in [0.29, 0.717) is 17.4 Å². The molecule has 9 nitrogen and oxygen atoms in total. The van der Waals surface area contributed by atoms with Gasteiger partial charge < -0.3 is 27.9 Å². The van der Waals surface area contributed by atoms with Crippen molar-refractivity contribution in [3.05, 3.63) is 85.1 Å². The third kappa shape index (κ3) is 80.1. The van der Waals surface area contributed by atoms with Crippen LogP contribution in [0.2, 0.25) is 0 Å². The molecule has 0 bridgehead atoms. The topological polar surface area (TPSA) is 111 Å². The summed E-state index contributed by atoms with van der Waals surface area (Å²) in [5.41, 5.74) is 0. The summed E-state index contributed by atoms with van der Waals surface area (Å²) in [4.78, 5) is 38.2. The van der Waals surface area contributed by atoms with Gasteiger partial charge in [0.1, 0.15) is 19.8 Å². The van der Waals surface area contributed by atoms with Gasteiger partial charge in [0.15, 0.2) is 6.10 Å². The number of unbranched alkanes of at least 4 members (excludes halogenated alkanes) is 48. The third-order valence-corrected chi connectivity index (χ3v) is 19.1. The molecule has 554 valence electrons. The van der Waals surface area contributed by atoms with Gasteiger partial charge in [0, 0.05) is 12.8 Å². The lowest BCUT2D eigenvalue weighted by molar-refractivity contribution is -0.870. The van der Waals surface area contributed by atoms with Crippen molar-refractivity contribution in [1.82, 2.24) is 0 Å². The van der Waals surface area contributed by atoms with Gasteiger partial charge in [-0.1, -0.05) is 394 Å². The second-order valence-corrected chi connectivity index (χ2v) is 30.2. The number of carbonyl (C=O) groups is 2. The van der Waals surface area contributed by atoms with Crippen molar-refractivity contribution in [2.45, 2.75) is 399 Å². The molecule has 0 spiro atoms. The van der Waals surface area contributed by atoms with Crippen molar-refractivity contribution in [1.29, 1.82) is 0 Å². The molecule has 0 aliphatic heterocycles. The van der Waals surface area contributed by atoms with Crippen molar-refractivity contribution in [3.8, 4) is 0 Å². The minimum atomic E-state index is -4.65. The molecule has 0 aliphatic rings. The first-order valence-electron chi connectivity index (χ1n) is 40.8. The number of hydrogen-bond donors (Lipinski definition) is 0. The molecule has 0 saturated heterocycles. The number of nitrogens with zero attached hydrogens (tertiary/aromatic N) is 1. The van der Waals surface area contributed by atoms with Gasteiger partial charge in [-0.05, 0) is 70.6 Å². The second-order valence-electron chi connectivity index (χ2n) is 28.8. The van der Waals surface area contributed by atoms with E-state index in [2.05, 4.69) is 98.9 Å². The number of rotatable bonds is 76. The quantitative estimate of drug-likeness (QED) is 0.0195. The lowest BCUT2D eigenvalue weighted by Crippen LogP contribution is -2.37. The highest BCUT2D eigenvalue weighted by atomic mass is 31.2. The predicted molar refractivity (Wildman–Crippen MR) is 411 cm³/mol. The normalized spacial score (nSPS) is 13.5. The minimum absolute atomic E-state index is 0.0300. The van der Waals surface area contributed by atoms with Crippen LogP contribution in [0.5, 0.6) is 0 Å². The maximum absolute atomic E-state index is 12.9. The number of phosphoric ester groups is 1. The van der Waals surface area contributed by atoms with E-state index < -0.39 is 26.5 Å². The first-order chi connectivity index (χ1) is 46.5. The lowest BCUT2D eigenvalue weighted by atomic mass is 10.0. The van der Waals surface area contributed by atoms with Crippen LogP contribution in [0.25, 0.3) is 0 Å². The number of phosphoric acid groups is 1. The molecular weight excluding hydrogens is 1190 g/mol. The van der Waals surface area contributed by atoms with Crippen LogP contribution in [0.1, 0.15) is 393 Å². The summed E-state index contributed by atoms with van der Waals surface area (Å²) in [5.74, 6) is -0.813. The van der Waals surface area contributed by atoms with Crippen LogP contribution in [0.4, 0.5) is 0 Å². The molecule has 2 atom stereocenters. The Hall–Kier alpha value is -2.81. The summed E-state index contributed by atoms with van der Waals surface area (Å²) in [6.07, 6.45) is 104. The van der Waals surface area contributed by atoms with E-state index in [1.54, 1.807) is 0 Å². The Bertz CT molecular complexity index is 1880. The molecule has 95 heavy (non-hydrogen) atoms. The zero-order valence-corrected chi connectivity index (χ0v) is 64.3. The van der Waals surface area contributed by atoms with Crippen molar-refractivity contribution < 1.29 is 42.1 Å². The molecule has 0 aromatic heterocycles. The fraction of sp³-hybridized carbons (Fsp3) is 0.812. The van der Waals surface area contributed by atoms with Crippen LogP contribution in [-0.4, -0.2) is 70.0 Å². The van der Waals surface area contributed by atoms with Crippen LogP contribution in [0.15, 0.2) is 85.1 Å². The second kappa shape index (κ2) is 75.4. The number of hydrogen-bond acceptors (Lipinski definition) is 8. The van der Waals surface area contributed by atoms with Crippen molar-refractivity contribution in [3.63, 3.8) is 0 Å². The fourth-order valence-corrected chi connectivity index (χ4v) is 12.7. The fourth-order valence-electron chi connectivity index (χ4n) is 12.0. The number of likely N-dealkylation sites (N-methyl/N-ethyl adjacent to an activating group) is 1. The maximum Gasteiger partial charge on any atom is 0.306 e. The van der Waals surface area contributed by atoms with Gasteiger partial charge in [-0.25, -0.2) is 0 Å². The highest BCUT2D eigenvalue weighted by Crippen LogP contribution is 2.38. The highest BCUT2D eigenvalue weighted by molar-refractivity contribution is 7.45. The number of quaternary nitrogens is 1. The minimum Gasteiger partial charge on any atom is -0.756 e. The van der Waals surface area contributed by atoms with E-state index in [4.69, 9.17) is 18.5 Å². The number of carbonyl (C=O) groups excluding carboxylic acids is 2. The van der Waals surface area contributed by atoms with E-state index in [-0.39, 0.29) is 32.0 Å². The van der Waals surface area contributed by atoms with Crippen LogP contribution >= 0.6 is 7.82 Å². The SMILES string of the molecule is CC/C=C\C/C=C\C/C=C\C/C=C\C/C=C\C/C=C\C/C=C\CCCCCCCCCCCCCCCCCCCC(=O)OC(COC(=O)CCCCCCCCCCCCCCCCCCCCCCCCCCCCCCCCCC)COP(=O)([O-])OCC[N+](C)(C)C. The molecule has 0 heterocycles. The van der Waals surface area contributed by atoms with Gasteiger partial charge in [-0.3, -0.25) is 14.2 Å². The Morgan fingerprint density at radius 2 is 0.600 bits per heavy atom. The van der Waals surface area contributed by atoms with Gasteiger partial charge in [-0.2, -0.15) is 0 Å². The predicted octanol–water partition coefficient (Wildman–Crippen LogP) is 26.6. The lowest BCUT2D eigenvalue weighted by Gasteiger charge is -2.28. The molecule has 0 N–H and O–H groups in total. The molecular formula is C85H156NO8P. The Kier molecular flexibility index (Phi) is 73.2. The molecule has 0 radical (unpaired) electrons. The summed E-state index contributed by atoms with van der Waals surface area (Å²) in [5, 5.41) is 0. The zero-order chi connectivity index (χ0) is 69.0. The summed E-state index contributed by atoms with van der Waals surface area (Å²) in [7, 11) is 1.18. The van der Waals surface area contributed by atoms with Crippen LogP contribution in [0.3, 0.4) is 0 Å². The summed E-state index contributed by atoms with van der Waals surface area (Å²) >= 11 is 0. The molecule has 2 unspecified atom stereocenters. The van der Waals surface area contributed by atoms with Gasteiger partial charge >= 0.3 is 11.9 Å². The first-order valence-corrected chi connectivity index (χ1v) is 42.3. The molecule has 0 aliphatic carbocycles. The van der Waals surface area contributed by atoms with Crippen molar-refractivity contribution in [2.75, 3.05) is 47.5 Å². The van der Waals surface area contributed by atoms with Gasteiger partial charge in [0.2, 0.25) is 0 Å². The van der Waals surface area contributed by atoms with Crippen LogP contribution in [-0.2, 0) is 32.7 Å². The van der Waals surface area contributed by atoms with Crippen LogP contribution in [0, 0.1) is 0 Å². The number of ether oxygens (including phenoxy) is 2. The molecule has 0 fully saturated rings. The third-order valence-electron chi connectivity index (χ3n) is 18.2. The van der Waals surface area contributed by atoms with Crippen molar-refractivity contribution >= 4 is 19.8 Å². The highest BCUT2D eigenvalue weighted by Gasteiger charge is 2.22. The average molecular weight is 1350 g/mol. The average Bonchev–Trinajstić information content (AvgIpc) is 2.18. The Morgan fingerprint density at radius 3 is 0.895 bits per heavy atom. The van der Waals surface area contributed by atoms with E-state index >= 15 is 0 Å². The van der Waals surface area contributed by atoms with Gasteiger partial charge in [-0.15, -0.1) is 0 Å². The van der Waals surface area contributed by atoms with E-state index in [1.165, 1.54) is 276 Å². The Morgan fingerprint density at radius 1 is 0.337 bits per heavy atom. The smallest absolute Gasteiger partial charge is 0.306 e. The van der Waals surface area contributed by atoms with E-state index in [9.17, 15) is 19.0 Å². The summed E-state index contributed by atoms with van der Waals surface area (Å²) < 4.78 is 34.4. The molecule has 0 amide bonds. The standard InChI is InChI=1S/C85H156NO8P/c1-6-8-10-12-14-16-18-20-22-24-26-28-30-32-34-36-38-40-41-42-43-44-45-46-48-50-52-54-56-58-60-62-64-66-68-70-72-74-76-78-85(88)94-83(82-93-95(89,90)92-80-79-86(3,4)5)81-91-84(87)77-75-73-71-69-67-65-63-61-59-57-55-53-51-49-47-39-37-35-33-31-29-27-25-23-21-19-17-15-13-11-9-7-2/h8,10,14,16,20,22,26,28,32,34,38,40,42-43,83H,6-7,9,11-13,15,17-19,21,23-25,27,29-31,33,35-37,39,41,44-82H2,1-5H3/b10-8-,16-14-,22-20-,28-26-,34-32-,40-38-,43-42-. The number of esters is 2. The Balaban J connectivity index is 3.93. The number of allylic oxidation sites excluding steroid dienone is 14. The van der Waals surface area contributed by atoms with Crippen LogP contribution < -0.4 is 4.89 Å². The largest absolute Gasteiger partial charge is 0.756 e. The van der Waals surface area contributed by atoms with Gasteiger partial charge in [0.05, 0.1) is 27.7 Å². The Labute approximate surface area is 590 Å². The molecule has 0 aromatic rings. The zero-order valence-electron chi connectivity index (χ0n) is 63.4. The summed E-state index contributed by atoms with van der Waals surface area (Å²) in [6, 6.07) is 0. The molecule has 0 saturated carbocycles. The maximum atomic E-state index is 12.9. The molecule has 0 rings (SSSR count). The van der Waals surface area contributed by atoms with E-state index in [0.717, 1.165) is 83.5 Å².